The van der Waals surface area contributed by atoms with Crippen LogP contribution in [0.4, 0.5) is 4.79 Å². The lowest BCUT2D eigenvalue weighted by atomic mass is 9.97. The van der Waals surface area contributed by atoms with Gasteiger partial charge < -0.3 is 15.4 Å². The summed E-state index contributed by atoms with van der Waals surface area (Å²) in [5, 5.41) is 2.46. The van der Waals surface area contributed by atoms with E-state index in [1.54, 1.807) is 0 Å². The number of benzene rings is 2. The number of fused-ring (bicyclic) bond motifs is 1. The molecule has 3 rings (SSSR count). The zero-order chi connectivity index (χ0) is 18.0. The van der Waals surface area contributed by atoms with Gasteiger partial charge in [-0.25, -0.2) is 4.79 Å². The molecule has 1 saturated heterocycles. The van der Waals surface area contributed by atoms with E-state index < -0.39 is 5.60 Å². The van der Waals surface area contributed by atoms with Crippen LogP contribution in [0.2, 0.25) is 0 Å². The molecule has 4 heteroatoms. The largest absolute Gasteiger partial charge is 0.444 e. The number of hydrogen-bond acceptors (Lipinski definition) is 3. The fourth-order valence-electron chi connectivity index (χ4n) is 3.56. The third kappa shape index (κ3) is 4.31. The molecule has 2 aromatic carbocycles. The molecule has 2 N–H and O–H groups in total. The van der Waals surface area contributed by atoms with Crippen molar-refractivity contribution >= 4 is 16.9 Å². The molecule has 0 radical (unpaired) electrons. The van der Waals surface area contributed by atoms with E-state index in [0.29, 0.717) is 0 Å². The lowest BCUT2D eigenvalue weighted by molar-refractivity contribution is 0.0206. The molecule has 1 aliphatic heterocycles. The van der Waals surface area contributed by atoms with Gasteiger partial charge in [-0.15, -0.1) is 0 Å². The first-order chi connectivity index (χ1) is 11.8. The second-order valence-electron chi connectivity index (χ2n) is 7.93. The van der Waals surface area contributed by atoms with Gasteiger partial charge >= 0.3 is 6.09 Å². The zero-order valence-electron chi connectivity index (χ0n) is 15.4. The fraction of sp³-hybridized carbons (Fsp3) is 0.476. The van der Waals surface area contributed by atoms with Crippen molar-refractivity contribution in [1.29, 1.82) is 0 Å². The summed E-state index contributed by atoms with van der Waals surface area (Å²) in [7, 11) is 0. The average molecular weight is 340 g/mol. The summed E-state index contributed by atoms with van der Waals surface area (Å²) in [5.74, 6) is 0. The van der Waals surface area contributed by atoms with E-state index in [1.165, 1.54) is 16.3 Å². The summed E-state index contributed by atoms with van der Waals surface area (Å²) in [4.78, 5) is 14.3. The molecule has 25 heavy (non-hydrogen) atoms. The Morgan fingerprint density at radius 3 is 2.68 bits per heavy atom. The van der Waals surface area contributed by atoms with Gasteiger partial charge in [0.25, 0.3) is 0 Å². The highest BCUT2D eigenvalue weighted by Crippen LogP contribution is 2.25. The van der Waals surface area contributed by atoms with Crippen molar-refractivity contribution in [2.45, 2.75) is 57.7 Å². The second kappa shape index (κ2) is 7.04. The molecule has 2 aromatic rings. The van der Waals surface area contributed by atoms with Crippen molar-refractivity contribution in [3.63, 3.8) is 0 Å². The van der Waals surface area contributed by atoms with E-state index in [1.807, 2.05) is 37.8 Å². The summed E-state index contributed by atoms with van der Waals surface area (Å²) in [6.45, 7) is 6.41. The van der Waals surface area contributed by atoms with Crippen LogP contribution in [0.25, 0.3) is 10.8 Å². The van der Waals surface area contributed by atoms with E-state index in [0.717, 1.165) is 25.8 Å². The smallest absolute Gasteiger partial charge is 0.410 e. The third-order valence-corrected chi connectivity index (χ3v) is 4.71. The molecule has 1 aliphatic rings. The van der Waals surface area contributed by atoms with Crippen LogP contribution in [0.1, 0.15) is 39.2 Å². The Labute approximate surface area is 149 Å². The maximum atomic E-state index is 12.5. The predicted octanol–water partition coefficient (Wildman–Crippen LogP) is 4.11. The van der Waals surface area contributed by atoms with E-state index >= 15 is 0 Å². The first-order valence-corrected chi connectivity index (χ1v) is 9.06. The SMILES string of the molecule is CC(C)(C)OC(=O)N1CCCC1C(N)Cc1ccc2ccccc2c1. The fourth-order valence-corrected chi connectivity index (χ4v) is 3.56. The Balaban J connectivity index is 1.70. The van der Waals surface area contributed by atoms with Crippen molar-refractivity contribution in [2.75, 3.05) is 6.54 Å². The maximum Gasteiger partial charge on any atom is 0.410 e. The monoisotopic (exact) mass is 340 g/mol. The van der Waals surface area contributed by atoms with Crippen molar-refractivity contribution in [3.05, 3.63) is 48.0 Å². The van der Waals surface area contributed by atoms with Crippen LogP contribution in [-0.2, 0) is 11.2 Å². The summed E-state index contributed by atoms with van der Waals surface area (Å²) >= 11 is 0. The van der Waals surface area contributed by atoms with E-state index in [9.17, 15) is 4.79 Å². The Hall–Kier alpha value is -2.07. The van der Waals surface area contributed by atoms with Gasteiger partial charge in [0.05, 0.1) is 6.04 Å². The van der Waals surface area contributed by atoms with Gasteiger partial charge in [0.1, 0.15) is 5.60 Å². The zero-order valence-corrected chi connectivity index (χ0v) is 15.4. The van der Waals surface area contributed by atoms with Gasteiger partial charge in [-0.2, -0.15) is 0 Å². The molecule has 0 saturated carbocycles. The summed E-state index contributed by atoms with van der Waals surface area (Å²) in [5.41, 5.74) is 7.23. The molecule has 2 unspecified atom stereocenters. The maximum absolute atomic E-state index is 12.5. The van der Waals surface area contributed by atoms with Crippen LogP contribution in [0.3, 0.4) is 0 Å². The first-order valence-electron chi connectivity index (χ1n) is 9.06. The molecule has 2 atom stereocenters. The van der Waals surface area contributed by atoms with Crippen LogP contribution in [0.5, 0.6) is 0 Å². The molecular weight excluding hydrogens is 312 g/mol. The number of carbonyl (C=O) groups is 1. The van der Waals surface area contributed by atoms with Gasteiger partial charge in [0.15, 0.2) is 0 Å². The van der Waals surface area contributed by atoms with Gasteiger partial charge in [-0.1, -0.05) is 42.5 Å². The predicted molar refractivity (Wildman–Crippen MR) is 102 cm³/mol. The Morgan fingerprint density at radius 1 is 1.24 bits per heavy atom. The minimum atomic E-state index is -0.479. The Bertz CT molecular complexity index is 751. The van der Waals surface area contributed by atoms with Crippen molar-refractivity contribution < 1.29 is 9.53 Å². The molecule has 1 heterocycles. The average Bonchev–Trinajstić information content (AvgIpc) is 3.03. The third-order valence-electron chi connectivity index (χ3n) is 4.71. The molecule has 0 bridgehead atoms. The number of amides is 1. The molecule has 1 fully saturated rings. The van der Waals surface area contributed by atoms with E-state index in [4.69, 9.17) is 10.5 Å². The van der Waals surface area contributed by atoms with Crippen molar-refractivity contribution in [2.24, 2.45) is 5.73 Å². The molecule has 0 aliphatic carbocycles. The number of likely N-dealkylation sites (tertiary alicyclic amines) is 1. The molecule has 0 aromatic heterocycles. The van der Waals surface area contributed by atoms with Crippen LogP contribution in [0.15, 0.2) is 42.5 Å². The van der Waals surface area contributed by atoms with Gasteiger partial charge in [-0.05, 0) is 56.4 Å². The normalized spacial score (nSPS) is 19.2. The second-order valence-corrected chi connectivity index (χ2v) is 7.93. The quantitative estimate of drug-likeness (QED) is 0.915. The highest BCUT2D eigenvalue weighted by Gasteiger charge is 2.35. The van der Waals surface area contributed by atoms with E-state index in [-0.39, 0.29) is 18.2 Å². The standard InChI is InChI=1S/C21H28N2O2/c1-21(2,3)25-20(24)23-12-6-9-19(23)18(22)14-15-10-11-16-7-4-5-8-17(16)13-15/h4-5,7-8,10-11,13,18-19H,6,9,12,14,22H2,1-3H3. The van der Waals surface area contributed by atoms with Crippen LogP contribution in [0, 0.1) is 0 Å². The number of carbonyl (C=O) groups excluding carboxylic acids is 1. The van der Waals surface area contributed by atoms with Crippen LogP contribution < -0.4 is 5.73 Å². The van der Waals surface area contributed by atoms with Gasteiger partial charge in [0, 0.05) is 12.6 Å². The summed E-state index contributed by atoms with van der Waals surface area (Å²) in [6, 6.07) is 14.7. The van der Waals surface area contributed by atoms with Crippen LogP contribution in [-0.4, -0.2) is 35.2 Å². The lowest BCUT2D eigenvalue weighted by Gasteiger charge is -2.31. The van der Waals surface area contributed by atoms with Gasteiger partial charge in [0.2, 0.25) is 0 Å². The highest BCUT2D eigenvalue weighted by atomic mass is 16.6. The number of rotatable bonds is 3. The number of ether oxygens (including phenoxy) is 1. The van der Waals surface area contributed by atoms with E-state index in [2.05, 4.69) is 30.3 Å². The Kier molecular flexibility index (Phi) is 5.00. The topological polar surface area (TPSA) is 55.6 Å². The van der Waals surface area contributed by atoms with Gasteiger partial charge in [-0.3, -0.25) is 0 Å². The Morgan fingerprint density at radius 2 is 1.96 bits per heavy atom. The molecule has 134 valence electrons. The van der Waals surface area contributed by atoms with Crippen LogP contribution >= 0.6 is 0 Å². The molecule has 1 amide bonds. The number of nitrogens with two attached hydrogens (primary N) is 1. The van der Waals surface area contributed by atoms with Crippen molar-refractivity contribution in [1.82, 2.24) is 4.90 Å². The highest BCUT2D eigenvalue weighted by molar-refractivity contribution is 5.83. The number of hydrogen-bond donors (Lipinski definition) is 1. The molecule has 0 spiro atoms. The molecule has 4 nitrogen and oxygen atoms in total. The minimum Gasteiger partial charge on any atom is -0.444 e. The number of nitrogens with zero attached hydrogens (tertiary/aromatic N) is 1. The summed E-state index contributed by atoms with van der Waals surface area (Å²) in [6.07, 6.45) is 2.43. The summed E-state index contributed by atoms with van der Waals surface area (Å²) < 4.78 is 5.54. The lowest BCUT2D eigenvalue weighted by Crippen LogP contribution is -2.49. The minimum absolute atomic E-state index is 0.0429. The first kappa shape index (κ1) is 17.7. The molecular formula is C21H28N2O2. The van der Waals surface area contributed by atoms with Crippen molar-refractivity contribution in [3.8, 4) is 0 Å².